The molecule has 2 rings (SSSR count). The molecule has 1 aromatic carbocycles. The van der Waals surface area contributed by atoms with E-state index in [0.717, 1.165) is 18.5 Å². The van der Waals surface area contributed by atoms with Gasteiger partial charge in [-0.2, -0.15) is 0 Å². The predicted octanol–water partition coefficient (Wildman–Crippen LogP) is 0.585. The minimum absolute atomic E-state index is 0.0761. The number of aliphatic hydroxyl groups is 2. The summed E-state index contributed by atoms with van der Waals surface area (Å²) in [5, 5.41) is 28.2. The number of carbonyl (C=O) groups is 1. The number of carboxylic acids is 1. The lowest BCUT2D eigenvalue weighted by Crippen LogP contribution is -2.40. The summed E-state index contributed by atoms with van der Waals surface area (Å²) in [7, 11) is 1.98. The van der Waals surface area contributed by atoms with Gasteiger partial charge in [0.1, 0.15) is 0 Å². The van der Waals surface area contributed by atoms with E-state index in [1.165, 1.54) is 0 Å². The lowest BCUT2D eigenvalue weighted by Gasteiger charge is -2.34. The van der Waals surface area contributed by atoms with E-state index >= 15 is 0 Å². The molecular weight excluding hydrogens is 246 g/mol. The number of rotatable bonds is 3. The maximum absolute atomic E-state index is 10.7. The van der Waals surface area contributed by atoms with Crippen LogP contribution >= 0.6 is 0 Å². The minimum atomic E-state index is -1.49. The number of hydrogen-bond donors (Lipinski definition) is 3. The number of likely N-dealkylation sites (tertiary alicyclic amines) is 1. The van der Waals surface area contributed by atoms with Crippen molar-refractivity contribution in [3.8, 4) is 0 Å². The molecule has 0 aliphatic carbocycles. The first-order valence-electron chi connectivity index (χ1n) is 6.36. The molecule has 1 aliphatic heterocycles. The summed E-state index contributed by atoms with van der Waals surface area (Å²) < 4.78 is 0. The number of nitrogens with zero attached hydrogens (tertiary/aromatic N) is 1. The second-order valence-corrected chi connectivity index (χ2v) is 5.13. The molecule has 1 aromatic rings. The van der Waals surface area contributed by atoms with Crippen LogP contribution in [-0.4, -0.2) is 52.4 Å². The number of hydrogen-bond acceptors (Lipinski definition) is 4. The zero-order chi connectivity index (χ0) is 14.0. The minimum Gasteiger partial charge on any atom is -0.479 e. The van der Waals surface area contributed by atoms with E-state index in [9.17, 15) is 15.0 Å². The SMILES string of the molecule is CN1CCC(c2ccc([C@H](O)C(=O)O)cc2)C(O)C1. The molecule has 0 aromatic heterocycles. The zero-order valence-electron chi connectivity index (χ0n) is 10.9. The monoisotopic (exact) mass is 265 g/mol. The molecule has 1 saturated heterocycles. The Labute approximate surface area is 112 Å². The van der Waals surface area contributed by atoms with Gasteiger partial charge in [-0.15, -0.1) is 0 Å². The van der Waals surface area contributed by atoms with Crippen LogP contribution < -0.4 is 0 Å². The fourth-order valence-electron chi connectivity index (χ4n) is 2.55. The summed E-state index contributed by atoms with van der Waals surface area (Å²) in [5.41, 5.74) is 1.35. The van der Waals surface area contributed by atoms with Crippen molar-refractivity contribution >= 4 is 5.97 Å². The highest BCUT2D eigenvalue weighted by Crippen LogP contribution is 2.28. The summed E-state index contributed by atoms with van der Waals surface area (Å²) in [6.07, 6.45) is -1.02. The molecule has 5 nitrogen and oxygen atoms in total. The summed E-state index contributed by atoms with van der Waals surface area (Å²) in [6.45, 7) is 1.57. The number of piperidine rings is 1. The van der Waals surface area contributed by atoms with E-state index in [1.807, 2.05) is 7.05 Å². The van der Waals surface area contributed by atoms with Gasteiger partial charge in [0.2, 0.25) is 0 Å². The fraction of sp³-hybridized carbons (Fsp3) is 0.500. The lowest BCUT2D eigenvalue weighted by molar-refractivity contribution is -0.146. The Kier molecular flexibility index (Phi) is 4.19. The zero-order valence-corrected chi connectivity index (χ0v) is 10.9. The molecule has 0 radical (unpaired) electrons. The van der Waals surface area contributed by atoms with Gasteiger partial charge in [0, 0.05) is 12.5 Å². The first-order valence-corrected chi connectivity index (χ1v) is 6.36. The lowest BCUT2D eigenvalue weighted by atomic mass is 9.86. The number of carboxylic acid groups (broad SMARTS) is 1. The van der Waals surface area contributed by atoms with Crippen molar-refractivity contribution in [3.63, 3.8) is 0 Å². The number of aliphatic hydroxyl groups excluding tert-OH is 2. The van der Waals surface area contributed by atoms with Gasteiger partial charge in [0.15, 0.2) is 6.10 Å². The van der Waals surface area contributed by atoms with Crippen molar-refractivity contribution < 1.29 is 20.1 Å². The molecule has 19 heavy (non-hydrogen) atoms. The molecule has 104 valence electrons. The van der Waals surface area contributed by atoms with Gasteiger partial charge in [-0.25, -0.2) is 4.79 Å². The van der Waals surface area contributed by atoms with Crippen molar-refractivity contribution in [3.05, 3.63) is 35.4 Å². The number of aliphatic carboxylic acids is 1. The average Bonchev–Trinajstić information content (AvgIpc) is 2.38. The molecule has 0 amide bonds. The van der Waals surface area contributed by atoms with Crippen molar-refractivity contribution in [2.45, 2.75) is 24.5 Å². The van der Waals surface area contributed by atoms with Gasteiger partial charge in [0.25, 0.3) is 0 Å². The highest BCUT2D eigenvalue weighted by molar-refractivity contribution is 5.73. The molecule has 3 N–H and O–H groups in total. The van der Waals surface area contributed by atoms with Crippen LogP contribution in [0.25, 0.3) is 0 Å². The van der Waals surface area contributed by atoms with E-state index < -0.39 is 18.2 Å². The molecule has 1 aliphatic rings. The van der Waals surface area contributed by atoms with E-state index in [0.29, 0.717) is 12.1 Å². The molecule has 0 bridgehead atoms. The summed E-state index contributed by atoms with van der Waals surface area (Å²) in [4.78, 5) is 12.8. The molecule has 1 fully saturated rings. The smallest absolute Gasteiger partial charge is 0.337 e. The highest BCUT2D eigenvalue weighted by atomic mass is 16.4. The van der Waals surface area contributed by atoms with Crippen LogP contribution in [0.5, 0.6) is 0 Å². The maximum Gasteiger partial charge on any atom is 0.337 e. The largest absolute Gasteiger partial charge is 0.479 e. The maximum atomic E-state index is 10.7. The van der Waals surface area contributed by atoms with E-state index in [4.69, 9.17) is 5.11 Å². The number of likely N-dealkylation sites (N-methyl/N-ethyl adjacent to an activating group) is 1. The molecule has 0 spiro atoms. The summed E-state index contributed by atoms with van der Waals surface area (Å²) >= 11 is 0. The Hall–Kier alpha value is -1.43. The highest BCUT2D eigenvalue weighted by Gasteiger charge is 2.27. The van der Waals surface area contributed by atoms with E-state index in [-0.39, 0.29) is 5.92 Å². The van der Waals surface area contributed by atoms with Crippen LogP contribution in [0.1, 0.15) is 29.6 Å². The van der Waals surface area contributed by atoms with Gasteiger partial charge in [-0.3, -0.25) is 0 Å². The molecule has 3 atom stereocenters. The normalized spacial score (nSPS) is 26.1. The van der Waals surface area contributed by atoms with Gasteiger partial charge < -0.3 is 20.2 Å². The molecule has 2 unspecified atom stereocenters. The van der Waals surface area contributed by atoms with Crippen molar-refractivity contribution in [2.24, 2.45) is 0 Å². The summed E-state index contributed by atoms with van der Waals surface area (Å²) in [6, 6.07) is 6.81. The van der Waals surface area contributed by atoms with E-state index in [2.05, 4.69) is 4.90 Å². The predicted molar refractivity (Wildman–Crippen MR) is 69.9 cm³/mol. The fourth-order valence-corrected chi connectivity index (χ4v) is 2.55. The quantitative estimate of drug-likeness (QED) is 0.745. The molecule has 0 saturated carbocycles. The Balaban J connectivity index is 2.12. The van der Waals surface area contributed by atoms with Crippen LogP contribution in [0, 0.1) is 0 Å². The standard InChI is InChI=1S/C14H19NO4/c1-15-7-6-11(12(16)8-15)9-2-4-10(5-3-9)13(17)14(18)19/h2-5,11-13,16-17H,6-8H2,1H3,(H,18,19)/t11?,12?,13-/m0/s1. The second kappa shape index (κ2) is 5.69. The van der Waals surface area contributed by atoms with Crippen LogP contribution in [0.2, 0.25) is 0 Å². The topological polar surface area (TPSA) is 81.0 Å². The Morgan fingerprint density at radius 3 is 2.53 bits per heavy atom. The third-order valence-corrected chi connectivity index (χ3v) is 3.70. The van der Waals surface area contributed by atoms with Gasteiger partial charge in [-0.05, 0) is 31.1 Å². The molecule has 1 heterocycles. The van der Waals surface area contributed by atoms with Crippen LogP contribution in [0.15, 0.2) is 24.3 Å². The Morgan fingerprint density at radius 2 is 2.00 bits per heavy atom. The van der Waals surface area contributed by atoms with Crippen molar-refractivity contribution in [2.75, 3.05) is 20.1 Å². The van der Waals surface area contributed by atoms with E-state index in [1.54, 1.807) is 24.3 Å². The Morgan fingerprint density at radius 1 is 1.37 bits per heavy atom. The number of β-amino-alcohol motifs (C(OH)–C–C–N with tert-alkyl or cyclic N) is 1. The average molecular weight is 265 g/mol. The van der Waals surface area contributed by atoms with Crippen LogP contribution in [0.3, 0.4) is 0 Å². The molecular formula is C14H19NO4. The summed E-state index contributed by atoms with van der Waals surface area (Å²) in [5.74, 6) is -1.18. The third kappa shape index (κ3) is 3.12. The Bertz CT molecular complexity index is 445. The first kappa shape index (κ1) is 14.0. The van der Waals surface area contributed by atoms with Gasteiger partial charge in [0.05, 0.1) is 6.10 Å². The van der Waals surface area contributed by atoms with Crippen molar-refractivity contribution in [1.82, 2.24) is 4.90 Å². The third-order valence-electron chi connectivity index (χ3n) is 3.70. The van der Waals surface area contributed by atoms with Crippen LogP contribution in [0.4, 0.5) is 0 Å². The molecule has 5 heteroatoms. The van der Waals surface area contributed by atoms with Gasteiger partial charge >= 0.3 is 5.97 Å². The van der Waals surface area contributed by atoms with Crippen molar-refractivity contribution in [1.29, 1.82) is 0 Å². The van der Waals surface area contributed by atoms with Crippen LogP contribution in [-0.2, 0) is 4.79 Å². The van der Waals surface area contributed by atoms with Gasteiger partial charge in [-0.1, -0.05) is 24.3 Å². The second-order valence-electron chi connectivity index (χ2n) is 5.13. The first-order chi connectivity index (χ1) is 8.99. The number of benzene rings is 1.